The standard InChI is InChI=1S/C19H26ClN5O3/c1-5-23(6-2)17(15-9-7-8-10-16(15)20)11-21-18(26)12-24-14(4)19(25(27)28)13(3)22-24/h7-10,17H,5-6,11-12H2,1-4H3,(H,21,26). The molecule has 1 aromatic carbocycles. The van der Waals surface area contributed by atoms with E-state index in [1.165, 1.54) is 4.68 Å². The quantitative estimate of drug-likeness (QED) is 0.508. The third-order valence-corrected chi connectivity index (χ3v) is 5.17. The normalized spacial score (nSPS) is 12.2. The number of nitrogens with zero attached hydrogens (tertiary/aromatic N) is 4. The number of aromatic nitrogens is 2. The van der Waals surface area contributed by atoms with Crippen molar-refractivity contribution < 1.29 is 9.72 Å². The van der Waals surface area contributed by atoms with Gasteiger partial charge >= 0.3 is 5.69 Å². The van der Waals surface area contributed by atoms with Crippen LogP contribution in [0.4, 0.5) is 5.69 Å². The van der Waals surface area contributed by atoms with E-state index in [0.717, 1.165) is 18.7 Å². The molecule has 2 aromatic rings. The van der Waals surface area contributed by atoms with Gasteiger partial charge in [-0.3, -0.25) is 24.5 Å². The van der Waals surface area contributed by atoms with Gasteiger partial charge in [-0.1, -0.05) is 43.6 Å². The highest BCUT2D eigenvalue weighted by Gasteiger charge is 2.24. The molecule has 2 rings (SSSR count). The monoisotopic (exact) mass is 407 g/mol. The van der Waals surface area contributed by atoms with Crippen LogP contribution in [0.5, 0.6) is 0 Å². The summed E-state index contributed by atoms with van der Waals surface area (Å²) in [6, 6.07) is 7.53. The molecule has 1 atom stereocenters. The molecule has 0 saturated carbocycles. The lowest BCUT2D eigenvalue weighted by atomic mass is 10.0. The molecule has 0 aliphatic heterocycles. The lowest BCUT2D eigenvalue weighted by Gasteiger charge is -2.31. The summed E-state index contributed by atoms with van der Waals surface area (Å²) in [6.45, 7) is 9.20. The maximum atomic E-state index is 12.5. The van der Waals surface area contributed by atoms with E-state index in [0.29, 0.717) is 23.0 Å². The molecule has 1 unspecified atom stereocenters. The molecule has 1 aromatic heterocycles. The van der Waals surface area contributed by atoms with Crippen LogP contribution >= 0.6 is 11.6 Å². The van der Waals surface area contributed by atoms with Crippen molar-refractivity contribution in [3.63, 3.8) is 0 Å². The largest absolute Gasteiger partial charge is 0.353 e. The second kappa shape index (κ2) is 9.66. The number of nitrogens with one attached hydrogen (secondary N) is 1. The van der Waals surface area contributed by atoms with E-state index < -0.39 is 4.92 Å². The van der Waals surface area contributed by atoms with Crippen molar-refractivity contribution in [2.45, 2.75) is 40.3 Å². The number of benzene rings is 1. The van der Waals surface area contributed by atoms with E-state index >= 15 is 0 Å². The van der Waals surface area contributed by atoms with Crippen LogP contribution in [0, 0.1) is 24.0 Å². The SMILES string of the molecule is CCN(CC)C(CNC(=O)Cn1nc(C)c([N+](=O)[O-])c1C)c1ccccc1Cl. The van der Waals surface area contributed by atoms with Gasteiger partial charge in [0.05, 0.1) is 11.0 Å². The highest BCUT2D eigenvalue weighted by Crippen LogP contribution is 2.27. The molecule has 0 bridgehead atoms. The molecule has 28 heavy (non-hydrogen) atoms. The van der Waals surface area contributed by atoms with Crippen LogP contribution in [0.2, 0.25) is 5.02 Å². The smallest absolute Gasteiger partial charge is 0.312 e. The van der Waals surface area contributed by atoms with Crippen LogP contribution in [0.15, 0.2) is 24.3 Å². The van der Waals surface area contributed by atoms with Gasteiger partial charge in [0.1, 0.15) is 17.9 Å². The highest BCUT2D eigenvalue weighted by molar-refractivity contribution is 6.31. The summed E-state index contributed by atoms with van der Waals surface area (Å²) in [7, 11) is 0. The van der Waals surface area contributed by atoms with Crippen molar-refractivity contribution >= 4 is 23.2 Å². The molecule has 9 heteroatoms. The minimum Gasteiger partial charge on any atom is -0.353 e. The Labute approximate surface area is 169 Å². The Morgan fingerprint density at radius 3 is 2.50 bits per heavy atom. The zero-order valence-electron chi connectivity index (χ0n) is 16.6. The van der Waals surface area contributed by atoms with Gasteiger partial charge in [-0.05, 0) is 38.6 Å². The van der Waals surface area contributed by atoms with Crippen molar-refractivity contribution in [2.24, 2.45) is 0 Å². The average molecular weight is 408 g/mol. The number of hydrogen-bond acceptors (Lipinski definition) is 5. The number of carbonyl (C=O) groups excluding carboxylic acids is 1. The number of carbonyl (C=O) groups is 1. The van der Waals surface area contributed by atoms with Crippen LogP contribution in [-0.4, -0.2) is 45.1 Å². The Kier molecular flexibility index (Phi) is 7.53. The lowest BCUT2D eigenvalue weighted by molar-refractivity contribution is -0.386. The van der Waals surface area contributed by atoms with Gasteiger partial charge in [-0.2, -0.15) is 5.10 Å². The van der Waals surface area contributed by atoms with Crippen LogP contribution in [0.3, 0.4) is 0 Å². The van der Waals surface area contributed by atoms with E-state index in [4.69, 9.17) is 11.6 Å². The van der Waals surface area contributed by atoms with Gasteiger partial charge in [0.15, 0.2) is 0 Å². The second-order valence-corrected chi connectivity index (χ2v) is 6.90. The third kappa shape index (κ3) is 4.88. The Bertz CT molecular complexity index is 848. The third-order valence-electron chi connectivity index (χ3n) is 4.83. The number of nitro groups is 1. The summed E-state index contributed by atoms with van der Waals surface area (Å²) in [5.74, 6) is -0.260. The topological polar surface area (TPSA) is 93.3 Å². The van der Waals surface area contributed by atoms with E-state index in [1.807, 2.05) is 24.3 Å². The van der Waals surface area contributed by atoms with E-state index in [9.17, 15) is 14.9 Å². The number of hydrogen-bond donors (Lipinski definition) is 1. The number of aryl methyl sites for hydroxylation is 1. The first kappa shape index (κ1) is 21.8. The predicted octanol–water partition coefficient (Wildman–Crippen LogP) is 3.26. The Morgan fingerprint density at radius 1 is 1.32 bits per heavy atom. The Hall–Kier alpha value is -2.45. The number of amides is 1. The fraction of sp³-hybridized carbons (Fsp3) is 0.474. The first-order valence-corrected chi connectivity index (χ1v) is 9.61. The number of rotatable bonds is 9. The molecule has 0 fully saturated rings. The van der Waals surface area contributed by atoms with Gasteiger partial charge in [-0.15, -0.1) is 0 Å². The highest BCUT2D eigenvalue weighted by atomic mass is 35.5. The molecule has 0 aliphatic rings. The summed E-state index contributed by atoms with van der Waals surface area (Å²) >= 11 is 6.38. The van der Waals surface area contributed by atoms with Crippen molar-refractivity contribution in [3.05, 3.63) is 56.4 Å². The number of halogens is 1. The van der Waals surface area contributed by atoms with Gasteiger partial charge in [-0.25, -0.2) is 0 Å². The molecule has 152 valence electrons. The summed E-state index contributed by atoms with van der Waals surface area (Å²) in [4.78, 5) is 25.3. The fourth-order valence-corrected chi connectivity index (χ4v) is 3.62. The summed E-state index contributed by atoms with van der Waals surface area (Å²) in [5.41, 5.74) is 1.57. The fourth-order valence-electron chi connectivity index (χ4n) is 3.35. The summed E-state index contributed by atoms with van der Waals surface area (Å²) in [5, 5.41) is 18.8. The second-order valence-electron chi connectivity index (χ2n) is 6.50. The van der Waals surface area contributed by atoms with Gasteiger partial charge < -0.3 is 5.32 Å². The van der Waals surface area contributed by atoms with Gasteiger partial charge in [0.25, 0.3) is 0 Å². The summed E-state index contributed by atoms with van der Waals surface area (Å²) < 4.78 is 1.37. The molecular weight excluding hydrogens is 382 g/mol. The maximum absolute atomic E-state index is 12.5. The minimum atomic E-state index is -0.472. The van der Waals surface area contributed by atoms with Crippen LogP contribution in [-0.2, 0) is 11.3 Å². The van der Waals surface area contributed by atoms with Gasteiger partial charge in [0.2, 0.25) is 5.91 Å². The zero-order chi connectivity index (χ0) is 20.8. The molecule has 0 spiro atoms. The van der Waals surface area contributed by atoms with E-state index in [2.05, 4.69) is 29.2 Å². The van der Waals surface area contributed by atoms with Crippen LogP contribution < -0.4 is 5.32 Å². The molecule has 0 saturated heterocycles. The molecular formula is C19H26ClN5O3. The average Bonchev–Trinajstić information content (AvgIpc) is 2.92. The predicted molar refractivity (Wildman–Crippen MR) is 108 cm³/mol. The Morgan fingerprint density at radius 2 is 1.96 bits per heavy atom. The maximum Gasteiger partial charge on any atom is 0.312 e. The van der Waals surface area contributed by atoms with Crippen LogP contribution in [0.25, 0.3) is 0 Å². The van der Waals surface area contributed by atoms with E-state index in [-0.39, 0.29) is 24.2 Å². The van der Waals surface area contributed by atoms with Crippen LogP contribution in [0.1, 0.15) is 36.8 Å². The molecule has 1 heterocycles. The number of likely N-dealkylation sites (N-methyl/N-ethyl adjacent to an activating group) is 1. The first-order chi connectivity index (χ1) is 13.3. The first-order valence-electron chi connectivity index (χ1n) is 9.23. The molecule has 8 nitrogen and oxygen atoms in total. The lowest BCUT2D eigenvalue weighted by Crippen LogP contribution is -2.39. The zero-order valence-corrected chi connectivity index (χ0v) is 17.4. The molecule has 1 amide bonds. The van der Waals surface area contributed by atoms with Crippen molar-refractivity contribution in [3.8, 4) is 0 Å². The minimum absolute atomic E-state index is 0.0510. The molecule has 1 N–H and O–H groups in total. The van der Waals surface area contributed by atoms with Crippen molar-refractivity contribution in [2.75, 3.05) is 19.6 Å². The van der Waals surface area contributed by atoms with Crippen molar-refractivity contribution in [1.82, 2.24) is 20.0 Å². The molecule has 0 radical (unpaired) electrons. The summed E-state index contributed by atoms with van der Waals surface area (Å²) in [6.07, 6.45) is 0. The van der Waals surface area contributed by atoms with Crippen molar-refractivity contribution in [1.29, 1.82) is 0 Å². The van der Waals surface area contributed by atoms with E-state index in [1.54, 1.807) is 13.8 Å². The van der Waals surface area contributed by atoms with Gasteiger partial charge in [0, 0.05) is 11.6 Å². The molecule has 0 aliphatic carbocycles. The Balaban J connectivity index is 2.13.